The number of hydrogen-bond donors (Lipinski definition) is 0. The predicted molar refractivity (Wildman–Crippen MR) is 516 cm³/mol. The fourth-order valence-electron chi connectivity index (χ4n) is 16.2. The van der Waals surface area contributed by atoms with E-state index < -0.39 is 0 Å². The summed E-state index contributed by atoms with van der Waals surface area (Å²) < 4.78 is 11.0. The maximum Gasteiger partial charge on any atom is 0.0433 e. The summed E-state index contributed by atoms with van der Waals surface area (Å²) in [5.41, 5.74) is 26.7. The molecule has 0 fully saturated rings. The predicted octanol–water partition coefficient (Wildman–Crippen LogP) is 34.7. The Morgan fingerprint density at radius 3 is 0.862 bits per heavy atom. The van der Waals surface area contributed by atoms with Crippen molar-refractivity contribution in [2.45, 2.75) is 105 Å². The molecule has 0 aliphatic rings. The Balaban J connectivity index is 0.000000111. The highest BCUT2D eigenvalue weighted by atomic mass is 32.1. The monoisotopic (exact) mass is 1570 g/mol. The molecule has 0 N–H and O–H groups in total. The molecule has 4 heterocycles. The molecular formula is C112H96S4. The summed E-state index contributed by atoms with van der Waals surface area (Å²) in [4.78, 5) is 0. The van der Waals surface area contributed by atoms with E-state index in [1.807, 2.05) is 45.3 Å². The average molecular weight is 1570 g/mol. The molecule has 0 bridgehead atoms. The highest BCUT2D eigenvalue weighted by Crippen LogP contribution is 2.49. The molecule has 0 amide bonds. The Kier molecular flexibility index (Phi) is 21.2. The van der Waals surface area contributed by atoms with Crippen LogP contribution < -0.4 is 0 Å². The molecule has 0 atom stereocenters. The van der Waals surface area contributed by atoms with E-state index in [1.165, 1.54) is 192 Å². The van der Waals surface area contributed by atoms with E-state index in [-0.39, 0.29) is 21.7 Å². The average Bonchev–Trinajstić information content (AvgIpc) is 1.66. The lowest BCUT2D eigenvalue weighted by Crippen LogP contribution is -2.11. The van der Waals surface area contributed by atoms with Crippen LogP contribution in [0.5, 0.6) is 0 Å². The van der Waals surface area contributed by atoms with Crippen LogP contribution in [0.25, 0.3) is 170 Å². The Bertz CT molecular complexity index is 6690. The third-order valence-electron chi connectivity index (χ3n) is 22.6. The zero-order valence-corrected chi connectivity index (χ0v) is 71.5. The second kappa shape index (κ2) is 31.9. The summed E-state index contributed by atoms with van der Waals surface area (Å²) in [6.07, 6.45) is 0. The van der Waals surface area contributed by atoms with Crippen molar-refractivity contribution in [3.05, 3.63) is 386 Å². The van der Waals surface area contributed by atoms with Gasteiger partial charge in [-0.15, -0.1) is 45.3 Å². The highest BCUT2D eigenvalue weighted by molar-refractivity contribution is 7.27. The third kappa shape index (κ3) is 15.8. The van der Waals surface area contributed by atoms with Gasteiger partial charge in [0.1, 0.15) is 0 Å². The molecule has 0 saturated heterocycles. The van der Waals surface area contributed by atoms with E-state index >= 15 is 0 Å². The lowest BCUT2D eigenvalue weighted by Gasteiger charge is -2.20. The highest BCUT2D eigenvalue weighted by Gasteiger charge is 2.24. The molecule has 16 aromatic carbocycles. The summed E-state index contributed by atoms with van der Waals surface area (Å²) >= 11 is 7.67. The Labute approximate surface area is 700 Å². The fraction of sp³-hybridized carbons (Fsp3) is 0.143. The summed E-state index contributed by atoms with van der Waals surface area (Å²) in [5.74, 6) is 0. The van der Waals surface area contributed by atoms with Crippen molar-refractivity contribution in [2.75, 3.05) is 0 Å². The van der Waals surface area contributed by atoms with E-state index in [2.05, 4.69) is 447 Å². The summed E-state index contributed by atoms with van der Waals surface area (Å²) in [5, 5.41) is 11.0. The summed E-state index contributed by atoms with van der Waals surface area (Å²) in [6, 6.07) is 132. The van der Waals surface area contributed by atoms with Crippen molar-refractivity contribution < 1.29 is 0 Å². The lowest BCUT2D eigenvalue weighted by atomic mass is 9.84. The normalized spacial score (nSPS) is 12.0. The lowest BCUT2D eigenvalue weighted by molar-refractivity contribution is 0.591. The van der Waals surface area contributed by atoms with Crippen LogP contribution in [0.15, 0.2) is 364 Å². The first-order valence-electron chi connectivity index (χ1n) is 40.5. The topological polar surface area (TPSA) is 0 Å². The molecule has 116 heavy (non-hydrogen) atoms. The zero-order chi connectivity index (χ0) is 80.0. The van der Waals surface area contributed by atoms with Crippen molar-refractivity contribution in [1.82, 2.24) is 0 Å². The minimum Gasteiger partial charge on any atom is -0.135 e. The molecule has 20 aromatic rings. The van der Waals surface area contributed by atoms with Crippen molar-refractivity contribution in [3.63, 3.8) is 0 Å². The largest absolute Gasteiger partial charge is 0.135 e. The maximum absolute atomic E-state index is 2.39. The number of benzene rings is 16. The van der Waals surface area contributed by atoms with Crippen LogP contribution in [0, 0.1) is 0 Å². The molecule has 0 aliphatic carbocycles. The van der Waals surface area contributed by atoms with Crippen LogP contribution in [-0.2, 0) is 21.7 Å². The van der Waals surface area contributed by atoms with Gasteiger partial charge in [-0.05, 0) is 157 Å². The molecule has 568 valence electrons. The van der Waals surface area contributed by atoms with Gasteiger partial charge >= 0.3 is 0 Å². The number of fused-ring (bicyclic) bond motifs is 12. The summed E-state index contributed by atoms with van der Waals surface area (Å²) in [7, 11) is 0. The first-order chi connectivity index (χ1) is 56.1. The first-order valence-corrected chi connectivity index (χ1v) is 43.8. The zero-order valence-electron chi connectivity index (χ0n) is 68.3. The second-order valence-electron chi connectivity index (χ2n) is 34.7. The van der Waals surface area contributed by atoms with Crippen molar-refractivity contribution in [2.24, 2.45) is 0 Å². The number of hydrogen-bond acceptors (Lipinski definition) is 4. The van der Waals surface area contributed by atoms with Gasteiger partial charge in [0, 0.05) is 80.7 Å². The van der Waals surface area contributed by atoms with Gasteiger partial charge in [0.25, 0.3) is 0 Å². The van der Waals surface area contributed by atoms with Crippen molar-refractivity contribution in [1.29, 1.82) is 0 Å². The molecule has 0 saturated carbocycles. The van der Waals surface area contributed by atoms with Gasteiger partial charge in [-0.2, -0.15) is 0 Å². The van der Waals surface area contributed by atoms with Crippen molar-refractivity contribution in [3.8, 4) is 89.0 Å². The van der Waals surface area contributed by atoms with E-state index in [0.717, 1.165) is 0 Å². The van der Waals surface area contributed by atoms with Gasteiger partial charge in [0.2, 0.25) is 0 Å². The molecule has 0 spiro atoms. The van der Waals surface area contributed by atoms with Gasteiger partial charge in [-0.3, -0.25) is 0 Å². The SMILES string of the molecule is CC(C)(C)c1ccc2c(c1)sc1c(-c3ccc(-c4ccccc4)cc3)cccc12.CC(C)(C)c1ccc2sc3c(-c4ccc(-c5ccccc5)cc4)cccc3c2c1.CC(C)(C)c1cccc2c1sc1c(-c3ccc(-c4ccccc4)cc3)cccc12.CC(C)(C)c1cccc2sc3c(-c4ccc(-c5ccccc5)cc4)cccc3c12. The molecule has 4 heteroatoms. The van der Waals surface area contributed by atoms with Crippen molar-refractivity contribution >= 4 is 126 Å². The fourth-order valence-corrected chi connectivity index (χ4v) is 21.5. The van der Waals surface area contributed by atoms with Gasteiger partial charge in [0.15, 0.2) is 0 Å². The van der Waals surface area contributed by atoms with Gasteiger partial charge < -0.3 is 0 Å². The van der Waals surface area contributed by atoms with Crippen LogP contribution >= 0.6 is 45.3 Å². The molecule has 0 nitrogen and oxygen atoms in total. The quantitative estimate of drug-likeness (QED) is 0.142. The van der Waals surface area contributed by atoms with E-state index in [0.29, 0.717) is 0 Å². The van der Waals surface area contributed by atoms with Crippen LogP contribution in [-0.4, -0.2) is 0 Å². The molecule has 20 rings (SSSR count). The van der Waals surface area contributed by atoms with E-state index in [1.54, 1.807) is 0 Å². The Morgan fingerprint density at radius 1 is 0.164 bits per heavy atom. The molecule has 0 radical (unpaired) electrons. The van der Waals surface area contributed by atoms with Gasteiger partial charge in [0.05, 0.1) is 0 Å². The van der Waals surface area contributed by atoms with E-state index in [4.69, 9.17) is 0 Å². The minimum absolute atomic E-state index is 0.126. The Morgan fingerprint density at radius 2 is 0.457 bits per heavy atom. The smallest absolute Gasteiger partial charge is 0.0433 e. The molecule has 0 aliphatic heterocycles. The second-order valence-corrected chi connectivity index (χ2v) is 38.9. The molecule has 4 aromatic heterocycles. The van der Waals surface area contributed by atoms with Crippen LogP contribution in [0.1, 0.15) is 105 Å². The van der Waals surface area contributed by atoms with Crippen LogP contribution in [0.2, 0.25) is 0 Å². The summed E-state index contributed by atoms with van der Waals surface area (Å²) in [6.45, 7) is 27.5. The van der Waals surface area contributed by atoms with E-state index in [9.17, 15) is 0 Å². The first kappa shape index (κ1) is 77.0. The maximum atomic E-state index is 2.39. The van der Waals surface area contributed by atoms with Crippen LogP contribution in [0.4, 0.5) is 0 Å². The third-order valence-corrected chi connectivity index (χ3v) is 27.5. The van der Waals surface area contributed by atoms with Crippen LogP contribution in [0.3, 0.4) is 0 Å². The number of thiophene rings is 4. The standard InChI is InChI=1S/4C28H24S/c1-28(2,3)24-13-8-14-25-26(24)23-12-7-11-22(27(23)29-25)21-17-15-20(16-18-21)19-9-5-4-6-10-19;1-28(2,3)25-14-8-13-24-23-12-7-11-22(26(23)29-27(24)25)21-17-15-20(16-18-21)19-9-5-4-6-10-19;1-28(2,3)22-16-17-24-25-11-7-10-23(27(25)29-26(24)18-22)21-14-12-20(13-15-21)19-8-5-4-6-9-19;1-28(2,3)22-16-17-26-25(18-22)24-11-7-10-23(27(24)29-26)21-14-12-20(13-15-21)19-8-5-4-6-9-19/h4*4-18H,1-3H3. The molecular weight excluding hydrogens is 1470 g/mol. The Hall–Kier alpha value is -11.6. The number of rotatable bonds is 8. The minimum atomic E-state index is 0.126. The van der Waals surface area contributed by atoms with Gasteiger partial charge in [-0.1, -0.05) is 423 Å². The van der Waals surface area contributed by atoms with Gasteiger partial charge in [-0.25, -0.2) is 0 Å². The molecule has 0 unspecified atom stereocenters.